The molecule has 0 aliphatic carbocycles. The van der Waals surface area contributed by atoms with E-state index in [1.54, 1.807) is 11.1 Å². The van der Waals surface area contributed by atoms with E-state index >= 15 is 0 Å². The van der Waals surface area contributed by atoms with E-state index in [0.29, 0.717) is 11.8 Å². The number of aromatic nitrogens is 2. The Balaban J connectivity index is 2.11. The second kappa shape index (κ2) is 4.23. The molecule has 0 bridgehead atoms. The van der Waals surface area contributed by atoms with E-state index in [1.807, 2.05) is 13.1 Å². The number of nitrogens with one attached hydrogen (secondary N) is 2. The van der Waals surface area contributed by atoms with Crippen LogP contribution in [0.4, 0.5) is 4.79 Å². The van der Waals surface area contributed by atoms with Crippen molar-refractivity contribution in [2.24, 2.45) is 11.8 Å². The van der Waals surface area contributed by atoms with Gasteiger partial charge in [-0.1, -0.05) is 6.92 Å². The first-order valence-corrected chi connectivity index (χ1v) is 6.83. The SMILES string of the molecule is CCC1C2CNCC2C(C)(c2cn[nH]c2)N1C(=O)O. The highest BCUT2D eigenvalue weighted by Crippen LogP contribution is 2.51. The van der Waals surface area contributed by atoms with Crippen molar-refractivity contribution in [1.29, 1.82) is 0 Å². The number of rotatable bonds is 2. The van der Waals surface area contributed by atoms with Gasteiger partial charge in [0.15, 0.2) is 0 Å². The summed E-state index contributed by atoms with van der Waals surface area (Å²) >= 11 is 0. The van der Waals surface area contributed by atoms with Crippen LogP contribution in [0.1, 0.15) is 25.8 Å². The molecule has 2 fully saturated rings. The Morgan fingerprint density at radius 1 is 1.63 bits per heavy atom. The number of hydrogen-bond acceptors (Lipinski definition) is 3. The van der Waals surface area contributed by atoms with Crippen LogP contribution in [0.25, 0.3) is 0 Å². The van der Waals surface area contributed by atoms with Gasteiger partial charge in [0.2, 0.25) is 0 Å². The minimum absolute atomic E-state index is 0.0809. The van der Waals surface area contributed by atoms with Gasteiger partial charge in [0.1, 0.15) is 0 Å². The summed E-state index contributed by atoms with van der Waals surface area (Å²) in [5.41, 5.74) is 0.470. The lowest BCUT2D eigenvalue weighted by Gasteiger charge is -2.38. The summed E-state index contributed by atoms with van der Waals surface area (Å²) in [6.07, 6.45) is 3.60. The summed E-state index contributed by atoms with van der Waals surface area (Å²) in [6, 6.07) is 0.0809. The number of amides is 1. The Kier molecular flexibility index (Phi) is 2.78. The van der Waals surface area contributed by atoms with E-state index in [9.17, 15) is 9.90 Å². The maximum atomic E-state index is 11.8. The van der Waals surface area contributed by atoms with Gasteiger partial charge >= 0.3 is 6.09 Å². The molecule has 0 radical (unpaired) electrons. The Morgan fingerprint density at radius 2 is 2.42 bits per heavy atom. The molecule has 1 amide bonds. The summed E-state index contributed by atoms with van der Waals surface area (Å²) in [5.74, 6) is 0.701. The van der Waals surface area contributed by atoms with Gasteiger partial charge in [-0.05, 0) is 19.3 Å². The highest BCUT2D eigenvalue weighted by molar-refractivity contribution is 5.68. The molecular formula is C13H20N4O2. The van der Waals surface area contributed by atoms with Gasteiger partial charge in [0, 0.05) is 36.8 Å². The van der Waals surface area contributed by atoms with Gasteiger partial charge in [0.05, 0.1) is 11.7 Å². The van der Waals surface area contributed by atoms with Crippen molar-refractivity contribution in [1.82, 2.24) is 20.4 Å². The Bertz CT molecular complexity index is 475. The molecule has 2 saturated heterocycles. The van der Waals surface area contributed by atoms with Gasteiger partial charge < -0.3 is 10.4 Å². The van der Waals surface area contributed by atoms with Crippen molar-refractivity contribution in [2.45, 2.75) is 31.8 Å². The number of nitrogens with zero attached hydrogens (tertiary/aromatic N) is 2. The number of likely N-dealkylation sites (tertiary alicyclic amines) is 1. The van der Waals surface area contributed by atoms with Crippen LogP contribution < -0.4 is 5.32 Å². The normalized spacial score (nSPS) is 37.6. The summed E-state index contributed by atoms with van der Waals surface area (Å²) in [4.78, 5) is 13.4. The minimum Gasteiger partial charge on any atom is -0.465 e. The molecule has 1 aromatic rings. The van der Waals surface area contributed by atoms with E-state index < -0.39 is 11.6 Å². The quantitative estimate of drug-likeness (QED) is 0.750. The van der Waals surface area contributed by atoms with Crippen LogP contribution in [0.2, 0.25) is 0 Å². The molecule has 0 saturated carbocycles. The second-order valence-electron chi connectivity index (χ2n) is 5.69. The van der Waals surface area contributed by atoms with Crippen LogP contribution in [0, 0.1) is 11.8 Å². The first-order chi connectivity index (χ1) is 9.10. The molecule has 3 heterocycles. The average Bonchev–Trinajstić information content (AvgIpc) is 3.05. The first kappa shape index (κ1) is 12.5. The van der Waals surface area contributed by atoms with Crippen molar-refractivity contribution in [3.8, 4) is 0 Å². The first-order valence-electron chi connectivity index (χ1n) is 6.83. The molecule has 2 aliphatic rings. The second-order valence-corrected chi connectivity index (χ2v) is 5.69. The number of carbonyl (C=O) groups is 1. The van der Waals surface area contributed by atoms with Crippen LogP contribution in [0.5, 0.6) is 0 Å². The van der Waals surface area contributed by atoms with Gasteiger partial charge in [-0.2, -0.15) is 5.10 Å². The lowest BCUT2D eigenvalue weighted by Crippen LogP contribution is -2.50. The molecule has 4 unspecified atom stereocenters. The Morgan fingerprint density at radius 3 is 3.00 bits per heavy atom. The molecule has 6 heteroatoms. The summed E-state index contributed by atoms with van der Waals surface area (Å²) in [5, 5.41) is 19.9. The number of carboxylic acid groups (broad SMARTS) is 1. The van der Waals surface area contributed by atoms with Crippen molar-refractivity contribution < 1.29 is 9.90 Å². The zero-order valence-electron chi connectivity index (χ0n) is 11.3. The Hall–Kier alpha value is -1.56. The molecule has 19 heavy (non-hydrogen) atoms. The third kappa shape index (κ3) is 1.52. The number of H-pyrrole nitrogens is 1. The fourth-order valence-corrected chi connectivity index (χ4v) is 4.14. The lowest BCUT2D eigenvalue weighted by atomic mass is 9.78. The fraction of sp³-hybridized carbons (Fsp3) is 0.692. The molecule has 1 aromatic heterocycles. The predicted molar refractivity (Wildman–Crippen MR) is 69.7 cm³/mol. The van der Waals surface area contributed by atoms with Gasteiger partial charge in [-0.25, -0.2) is 4.79 Å². The molecule has 3 rings (SSSR count). The average molecular weight is 264 g/mol. The monoisotopic (exact) mass is 264 g/mol. The number of fused-ring (bicyclic) bond motifs is 1. The maximum absolute atomic E-state index is 11.8. The van der Waals surface area contributed by atoms with Crippen LogP contribution in [-0.4, -0.2) is 45.4 Å². The zero-order chi connectivity index (χ0) is 13.6. The van der Waals surface area contributed by atoms with Crippen LogP contribution in [0.3, 0.4) is 0 Å². The van der Waals surface area contributed by atoms with E-state index in [2.05, 4.69) is 22.4 Å². The van der Waals surface area contributed by atoms with E-state index in [1.165, 1.54) is 0 Å². The third-order valence-electron chi connectivity index (χ3n) is 5.02. The minimum atomic E-state index is -0.829. The molecule has 2 aliphatic heterocycles. The van der Waals surface area contributed by atoms with Gasteiger partial charge in [0.25, 0.3) is 0 Å². The van der Waals surface area contributed by atoms with Crippen LogP contribution in [-0.2, 0) is 5.54 Å². The smallest absolute Gasteiger partial charge is 0.408 e. The highest BCUT2D eigenvalue weighted by Gasteiger charge is 2.60. The zero-order valence-corrected chi connectivity index (χ0v) is 11.3. The lowest BCUT2D eigenvalue weighted by molar-refractivity contribution is 0.0715. The van der Waals surface area contributed by atoms with Gasteiger partial charge in [-0.3, -0.25) is 10.00 Å². The van der Waals surface area contributed by atoms with Crippen molar-refractivity contribution >= 4 is 6.09 Å². The van der Waals surface area contributed by atoms with E-state index in [0.717, 1.165) is 25.1 Å². The summed E-state index contributed by atoms with van der Waals surface area (Å²) < 4.78 is 0. The summed E-state index contributed by atoms with van der Waals surface area (Å²) in [6.45, 7) is 5.87. The predicted octanol–water partition coefficient (Wildman–Crippen LogP) is 1.23. The maximum Gasteiger partial charge on any atom is 0.408 e. The molecule has 4 atom stereocenters. The topological polar surface area (TPSA) is 81.2 Å². The van der Waals surface area contributed by atoms with Crippen LogP contribution in [0.15, 0.2) is 12.4 Å². The number of aromatic amines is 1. The third-order valence-corrected chi connectivity index (χ3v) is 5.02. The largest absolute Gasteiger partial charge is 0.465 e. The molecule has 6 nitrogen and oxygen atoms in total. The summed E-state index contributed by atoms with van der Waals surface area (Å²) in [7, 11) is 0. The van der Waals surface area contributed by atoms with Crippen LogP contribution >= 0.6 is 0 Å². The molecular weight excluding hydrogens is 244 g/mol. The fourth-order valence-electron chi connectivity index (χ4n) is 4.14. The molecule has 3 N–H and O–H groups in total. The number of hydrogen-bond donors (Lipinski definition) is 3. The molecule has 0 spiro atoms. The molecule has 104 valence electrons. The van der Waals surface area contributed by atoms with Crippen molar-refractivity contribution in [3.05, 3.63) is 18.0 Å². The highest BCUT2D eigenvalue weighted by atomic mass is 16.4. The van der Waals surface area contributed by atoms with E-state index in [-0.39, 0.29) is 6.04 Å². The van der Waals surface area contributed by atoms with Crippen molar-refractivity contribution in [3.63, 3.8) is 0 Å². The molecule has 0 aromatic carbocycles. The van der Waals surface area contributed by atoms with Gasteiger partial charge in [-0.15, -0.1) is 0 Å². The van der Waals surface area contributed by atoms with E-state index in [4.69, 9.17) is 0 Å². The Labute approximate surface area is 112 Å². The standard InChI is InChI=1S/C13H20N4O2/c1-3-11-9-6-14-7-10(9)13(2,17(11)12(18)19)8-4-15-16-5-8/h4-5,9-11,14H,3,6-7H2,1-2H3,(H,15,16)(H,18,19). The van der Waals surface area contributed by atoms with Crippen molar-refractivity contribution in [2.75, 3.05) is 13.1 Å².